The maximum absolute atomic E-state index is 9.84. The van der Waals surface area contributed by atoms with E-state index in [0.717, 1.165) is 0 Å². The molecule has 0 bridgehead atoms. The van der Waals surface area contributed by atoms with Crippen LogP contribution < -0.4 is 22.5 Å². The van der Waals surface area contributed by atoms with Gasteiger partial charge in [-0.2, -0.15) is 0 Å². The van der Waals surface area contributed by atoms with Crippen molar-refractivity contribution in [3.05, 3.63) is 0 Å². The largest absolute Gasteiger partial charge is 0.549 e. The van der Waals surface area contributed by atoms with Crippen LogP contribution in [0.25, 0.3) is 0 Å². The first-order chi connectivity index (χ1) is 4.09. The van der Waals surface area contributed by atoms with Gasteiger partial charge in [0.2, 0.25) is 0 Å². The van der Waals surface area contributed by atoms with Crippen molar-refractivity contribution in [2.75, 3.05) is 0 Å². The number of carboxylic acid groups (broad SMARTS) is 2. The van der Waals surface area contributed by atoms with Crippen molar-refractivity contribution in [1.82, 2.24) is 12.3 Å². The summed E-state index contributed by atoms with van der Waals surface area (Å²) in [6, 6.07) is 0. The maximum Gasteiger partial charge on any atom is 0.0501 e. The van der Waals surface area contributed by atoms with E-state index in [4.69, 9.17) is 0 Å². The van der Waals surface area contributed by atoms with Crippen LogP contribution >= 0.6 is 0 Å². The van der Waals surface area contributed by atoms with Crippen LogP contribution in [0.5, 0.6) is 0 Å². The van der Waals surface area contributed by atoms with E-state index in [1.165, 1.54) is 6.92 Å². The number of carbonyl (C=O) groups is 2. The number of carbonyl (C=O) groups excluding carboxylic acids is 2. The van der Waals surface area contributed by atoms with E-state index in [9.17, 15) is 19.8 Å². The summed E-state index contributed by atoms with van der Waals surface area (Å²) in [5.41, 5.74) is 0. The van der Waals surface area contributed by atoms with Gasteiger partial charge in [0.25, 0.3) is 0 Å². The highest BCUT2D eigenvalue weighted by atomic mass is 16.4. The second kappa shape index (κ2) is 6.97. The average molecular weight is 166 g/mol. The van der Waals surface area contributed by atoms with Crippen LogP contribution in [0.3, 0.4) is 0 Å². The minimum absolute atomic E-state index is 0. The molecule has 0 fully saturated rings. The van der Waals surface area contributed by atoms with E-state index in [0.29, 0.717) is 0 Å². The standard InChI is InChI=1S/C5H8O4.2H3N/c1-2-3(4(6)7)5(8)9;;/h3H,2H2,1H3,(H,6,7)(H,8,9);2*1H3. The van der Waals surface area contributed by atoms with Gasteiger partial charge in [-0.3, -0.25) is 0 Å². The molecule has 0 atom stereocenters. The summed E-state index contributed by atoms with van der Waals surface area (Å²) in [6.45, 7) is 1.44. The molecule has 0 heterocycles. The van der Waals surface area contributed by atoms with Crippen molar-refractivity contribution >= 4 is 11.9 Å². The molecule has 0 amide bonds. The van der Waals surface area contributed by atoms with Crippen LogP contribution in [0.4, 0.5) is 0 Å². The molecular weight excluding hydrogens is 152 g/mol. The van der Waals surface area contributed by atoms with Crippen molar-refractivity contribution in [1.29, 1.82) is 0 Å². The molecule has 0 aliphatic rings. The first-order valence-corrected chi connectivity index (χ1v) is 2.51. The molecular formula is C5H14N2O4. The predicted octanol–water partition coefficient (Wildman–Crippen LogP) is -1.74. The monoisotopic (exact) mass is 166 g/mol. The minimum atomic E-state index is -1.59. The fourth-order valence-electron chi connectivity index (χ4n) is 0.430. The minimum Gasteiger partial charge on any atom is -0.549 e. The Labute approximate surface area is 64.4 Å². The van der Waals surface area contributed by atoms with Gasteiger partial charge in [-0.05, 0) is 6.42 Å². The molecule has 11 heavy (non-hydrogen) atoms. The molecule has 0 aliphatic heterocycles. The first-order valence-electron chi connectivity index (χ1n) is 2.51. The number of carboxylic acids is 2. The van der Waals surface area contributed by atoms with E-state index in [-0.39, 0.29) is 18.7 Å². The molecule has 0 rings (SSSR count). The lowest BCUT2D eigenvalue weighted by molar-refractivity contribution is -0.331. The normalized spacial score (nSPS) is 7.82. The molecule has 0 aromatic rings. The van der Waals surface area contributed by atoms with Crippen molar-refractivity contribution < 1.29 is 19.8 Å². The second-order valence-corrected chi connectivity index (χ2v) is 1.60. The summed E-state index contributed by atoms with van der Waals surface area (Å²) in [5, 5.41) is 19.7. The van der Waals surface area contributed by atoms with Gasteiger partial charge in [0.05, 0.1) is 11.9 Å². The molecule has 0 saturated carbocycles. The summed E-state index contributed by atoms with van der Waals surface area (Å²) in [7, 11) is 0. The van der Waals surface area contributed by atoms with Gasteiger partial charge in [-0.15, -0.1) is 0 Å². The summed E-state index contributed by atoms with van der Waals surface area (Å²) in [5.74, 6) is -4.64. The Kier molecular flexibility index (Phi) is 10.4. The number of rotatable bonds is 3. The van der Waals surface area contributed by atoms with Crippen molar-refractivity contribution in [2.45, 2.75) is 13.3 Å². The van der Waals surface area contributed by atoms with Gasteiger partial charge in [0, 0.05) is 5.92 Å². The van der Waals surface area contributed by atoms with Crippen LogP contribution in [0.15, 0.2) is 0 Å². The highest BCUT2D eigenvalue weighted by Crippen LogP contribution is 1.97. The van der Waals surface area contributed by atoms with Gasteiger partial charge in [0.1, 0.15) is 0 Å². The van der Waals surface area contributed by atoms with Gasteiger partial charge in [0.15, 0.2) is 0 Å². The Morgan fingerprint density at radius 2 is 1.45 bits per heavy atom. The Balaban J connectivity index is -0.000000320. The van der Waals surface area contributed by atoms with Crippen LogP contribution in [0.1, 0.15) is 13.3 Å². The van der Waals surface area contributed by atoms with Gasteiger partial charge in [-0.1, -0.05) is 6.92 Å². The summed E-state index contributed by atoms with van der Waals surface area (Å²) < 4.78 is 0. The topological polar surface area (TPSA) is 153 Å². The average Bonchev–Trinajstić information content (AvgIpc) is 1.64. The summed E-state index contributed by atoms with van der Waals surface area (Å²) in [6.07, 6.45) is 0.00463. The molecule has 0 unspecified atom stereocenters. The molecule has 0 spiro atoms. The predicted molar refractivity (Wildman–Crippen MR) is 35.8 cm³/mol. The molecule has 0 aromatic carbocycles. The number of hydrogen-bond donors (Lipinski definition) is 2. The maximum atomic E-state index is 9.84. The molecule has 0 saturated heterocycles. The van der Waals surface area contributed by atoms with Crippen molar-refractivity contribution in [2.24, 2.45) is 5.92 Å². The Hall–Kier alpha value is -1.14. The van der Waals surface area contributed by atoms with Crippen molar-refractivity contribution in [3.63, 3.8) is 0 Å². The Morgan fingerprint density at radius 1 is 1.18 bits per heavy atom. The van der Waals surface area contributed by atoms with Gasteiger partial charge in [-0.25, -0.2) is 0 Å². The van der Waals surface area contributed by atoms with E-state index in [1.807, 2.05) is 0 Å². The fourth-order valence-corrected chi connectivity index (χ4v) is 0.430. The Bertz CT molecular complexity index is 122. The van der Waals surface area contributed by atoms with E-state index in [2.05, 4.69) is 0 Å². The summed E-state index contributed by atoms with van der Waals surface area (Å²) in [4.78, 5) is 19.7. The second-order valence-electron chi connectivity index (χ2n) is 1.60. The smallest absolute Gasteiger partial charge is 0.0501 e. The van der Waals surface area contributed by atoms with Crippen LogP contribution in [0.2, 0.25) is 0 Å². The van der Waals surface area contributed by atoms with Gasteiger partial charge < -0.3 is 32.1 Å². The number of aliphatic carboxylic acids is 2. The van der Waals surface area contributed by atoms with E-state index >= 15 is 0 Å². The van der Waals surface area contributed by atoms with E-state index < -0.39 is 17.9 Å². The molecule has 6 heteroatoms. The molecule has 0 radical (unpaired) electrons. The molecule has 0 aliphatic carbocycles. The molecule has 6 nitrogen and oxygen atoms in total. The van der Waals surface area contributed by atoms with Crippen LogP contribution in [-0.2, 0) is 9.59 Å². The lowest BCUT2D eigenvalue weighted by Gasteiger charge is -2.15. The number of quaternary nitrogens is 2. The van der Waals surface area contributed by atoms with Gasteiger partial charge >= 0.3 is 0 Å². The zero-order valence-corrected chi connectivity index (χ0v) is 6.92. The highest BCUT2D eigenvalue weighted by Gasteiger charge is 2.06. The fraction of sp³-hybridized carbons (Fsp3) is 0.600. The molecule has 68 valence electrons. The van der Waals surface area contributed by atoms with E-state index in [1.54, 1.807) is 0 Å². The van der Waals surface area contributed by atoms with Crippen molar-refractivity contribution in [3.8, 4) is 0 Å². The number of hydrogen-bond acceptors (Lipinski definition) is 4. The zero-order valence-electron chi connectivity index (χ0n) is 6.92. The highest BCUT2D eigenvalue weighted by molar-refractivity contribution is 5.90. The quantitative estimate of drug-likeness (QED) is 0.477. The third-order valence-electron chi connectivity index (χ3n) is 0.977. The van der Waals surface area contributed by atoms with Crippen LogP contribution in [0, 0.1) is 5.92 Å². The summed E-state index contributed by atoms with van der Waals surface area (Å²) >= 11 is 0. The SMILES string of the molecule is CCC(C(=O)[O-])C(=O)[O-].[NH4+].[NH4+]. The third kappa shape index (κ3) is 5.31. The molecule has 0 aromatic heterocycles. The molecule has 8 N–H and O–H groups in total. The Morgan fingerprint density at radius 3 is 1.45 bits per heavy atom. The lowest BCUT2D eigenvalue weighted by atomic mass is 10.1. The zero-order chi connectivity index (χ0) is 7.44. The third-order valence-corrected chi connectivity index (χ3v) is 0.977. The first kappa shape index (κ1) is 16.4. The lowest BCUT2D eigenvalue weighted by Crippen LogP contribution is -2.42. The van der Waals surface area contributed by atoms with Crippen LogP contribution in [-0.4, -0.2) is 11.9 Å².